The Hall–Kier alpha value is -2.21. The van der Waals surface area contributed by atoms with E-state index in [-0.39, 0.29) is 12.2 Å². The van der Waals surface area contributed by atoms with Crippen molar-refractivity contribution < 1.29 is 19.5 Å². The minimum absolute atomic E-state index is 0.0218. The van der Waals surface area contributed by atoms with Crippen molar-refractivity contribution in [3.63, 3.8) is 0 Å². The van der Waals surface area contributed by atoms with E-state index >= 15 is 0 Å². The minimum atomic E-state index is -0.734. The molecule has 0 radical (unpaired) electrons. The SMILES string of the molecule is CCCC(=O)c1cc(N2CCN(CCCCC(=O)O)CC2)ccc1C=O. The van der Waals surface area contributed by atoms with Crippen LogP contribution in [0.4, 0.5) is 5.69 Å². The van der Waals surface area contributed by atoms with Gasteiger partial charge in [-0.05, 0) is 44.0 Å². The summed E-state index contributed by atoms with van der Waals surface area (Å²) in [5, 5.41) is 8.68. The summed E-state index contributed by atoms with van der Waals surface area (Å²) >= 11 is 0. The van der Waals surface area contributed by atoms with Crippen molar-refractivity contribution in [1.82, 2.24) is 4.90 Å². The van der Waals surface area contributed by atoms with Crippen LogP contribution < -0.4 is 4.90 Å². The number of Topliss-reactive ketones (excluding diaryl/α,β-unsaturated/α-hetero) is 1. The number of carbonyl (C=O) groups is 3. The van der Waals surface area contributed by atoms with E-state index in [1.54, 1.807) is 6.07 Å². The summed E-state index contributed by atoms with van der Waals surface area (Å²) in [5.74, 6) is -0.712. The summed E-state index contributed by atoms with van der Waals surface area (Å²) in [7, 11) is 0. The highest BCUT2D eigenvalue weighted by molar-refractivity contribution is 6.03. The van der Waals surface area contributed by atoms with Gasteiger partial charge in [-0.2, -0.15) is 0 Å². The van der Waals surface area contributed by atoms with Crippen LogP contribution in [0.3, 0.4) is 0 Å². The van der Waals surface area contributed by atoms with Gasteiger partial charge in [0, 0.05) is 55.8 Å². The molecule has 0 atom stereocenters. The molecule has 1 heterocycles. The fraction of sp³-hybridized carbons (Fsp3) is 0.550. The van der Waals surface area contributed by atoms with Gasteiger partial charge in [-0.25, -0.2) is 0 Å². The average Bonchev–Trinajstić information content (AvgIpc) is 2.65. The van der Waals surface area contributed by atoms with Crippen molar-refractivity contribution in [3.8, 4) is 0 Å². The third-order valence-corrected chi connectivity index (χ3v) is 4.79. The molecule has 0 aliphatic carbocycles. The third kappa shape index (κ3) is 5.66. The minimum Gasteiger partial charge on any atom is -0.481 e. The maximum atomic E-state index is 12.3. The van der Waals surface area contributed by atoms with Crippen LogP contribution in [-0.2, 0) is 4.79 Å². The van der Waals surface area contributed by atoms with E-state index < -0.39 is 5.97 Å². The van der Waals surface area contributed by atoms with Gasteiger partial charge in [0.05, 0.1) is 0 Å². The number of carboxylic acid groups (broad SMARTS) is 1. The molecule has 0 bridgehead atoms. The molecular weight excluding hydrogens is 332 g/mol. The van der Waals surface area contributed by atoms with Gasteiger partial charge in [-0.1, -0.05) is 6.92 Å². The van der Waals surface area contributed by atoms with Crippen LogP contribution in [0, 0.1) is 0 Å². The Morgan fingerprint density at radius 3 is 2.46 bits per heavy atom. The Labute approximate surface area is 154 Å². The maximum Gasteiger partial charge on any atom is 0.303 e. The number of aldehydes is 1. The highest BCUT2D eigenvalue weighted by Crippen LogP contribution is 2.22. The molecule has 142 valence electrons. The first-order valence-electron chi connectivity index (χ1n) is 9.36. The second-order valence-corrected chi connectivity index (χ2v) is 6.74. The second kappa shape index (κ2) is 10.1. The molecule has 0 unspecified atom stereocenters. The lowest BCUT2D eigenvalue weighted by Crippen LogP contribution is -2.46. The van der Waals surface area contributed by atoms with Gasteiger partial charge in [-0.3, -0.25) is 19.3 Å². The Morgan fingerprint density at radius 2 is 1.85 bits per heavy atom. The fourth-order valence-corrected chi connectivity index (χ4v) is 3.29. The molecule has 1 aliphatic rings. The quantitative estimate of drug-likeness (QED) is 0.393. The molecule has 6 heteroatoms. The van der Waals surface area contributed by atoms with Gasteiger partial charge in [0.1, 0.15) is 0 Å². The number of carboxylic acids is 1. The number of nitrogens with zero attached hydrogens (tertiary/aromatic N) is 2. The predicted molar refractivity (Wildman–Crippen MR) is 101 cm³/mol. The van der Waals surface area contributed by atoms with Gasteiger partial charge in [0.25, 0.3) is 0 Å². The normalized spacial score (nSPS) is 15.0. The molecule has 0 amide bonds. The van der Waals surface area contributed by atoms with E-state index in [9.17, 15) is 14.4 Å². The zero-order valence-corrected chi connectivity index (χ0v) is 15.4. The van der Waals surface area contributed by atoms with Crippen LogP contribution in [0.2, 0.25) is 0 Å². The molecule has 1 N–H and O–H groups in total. The van der Waals surface area contributed by atoms with Crippen molar-refractivity contribution in [3.05, 3.63) is 29.3 Å². The Balaban J connectivity index is 1.92. The number of anilines is 1. The number of piperazine rings is 1. The van der Waals surface area contributed by atoms with Crippen molar-refractivity contribution in [2.75, 3.05) is 37.6 Å². The smallest absolute Gasteiger partial charge is 0.303 e. The molecule has 2 rings (SSSR count). The maximum absolute atomic E-state index is 12.3. The van der Waals surface area contributed by atoms with Gasteiger partial charge in [0.15, 0.2) is 12.1 Å². The molecule has 0 spiro atoms. The zero-order valence-electron chi connectivity index (χ0n) is 15.4. The van der Waals surface area contributed by atoms with E-state index in [1.807, 2.05) is 19.1 Å². The van der Waals surface area contributed by atoms with Crippen molar-refractivity contribution in [2.24, 2.45) is 0 Å². The number of hydrogen-bond donors (Lipinski definition) is 1. The molecule has 26 heavy (non-hydrogen) atoms. The van der Waals surface area contributed by atoms with Crippen LogP contribution in [0.5, 0.6) is 0 Å². The van der Waals surface area contributed by atoms with Gasteiger partial charge in [0.2, 0.25) is 0 Å². The van der Waals surface area contributed by atoms with E-state index in [0.717, 1.165) is 57.5 Å². The number of benzene rings is 1. The first kappa shape index (κ1) is 20.1. The van der Waals surface area contributed by atoms with Crippen LogP contribution in [0.15, 0.2) is 18.2 Å². The second-order valence-electron chi connectivity index (χ2n) is 6.74. The number of aliphatic carboxylic acids is 1. The zero-order chi connectivity index (χ0) is 18.9. The third-order valence-electron chi connectivity index (χ3n) is 4.79. The largest absolute Gasteiger partial charge is 0.481 e. The molecule has 6 nitrogen and oxygen atoms in total. The highest BCUT2D eigenvalue weighted by atomic mass is 16.4. The molecule has 1 fully saturated rings. The summed E-state index contributed by atoms with van der Waals surface area (Å²) < 4.78 is 0. The summed E-state index contributed by atoms with van der Waals surface area (Å²) in [5.41, 5.74) is 1.97. The van der Waals surface area contributed by atoms with Gasteiger partial charge >= 0.3 is 5.97 Å². The van der Waals surface area contributed by atoms with Gasteiger partial charge < -0.3 is 10.0 Å². The average molecular weight is 360 g/mol. The van der Waals surface area contributed by atoms with Crippen molar-refractivity contribution in [1.29, 1.82) is 0 Å². The van der Waals surface area contributed by atoms with Crippen molar-refractivity contribution in [2.45, 2.75) is 39.0 Å². The summed E-state index contributed by atoms with van der Waals surface area (Å²) in [6.07, 6.45) is 3.82. The summed E-state index contributed by atoms with van der Waals surface area (Å²) in [6.45, 7) is 6.44. The molecule has 1 aliphatic heterocycles. The standard InChI is InChI=1S/C20H28N2O4/c1-2-5-19(24)18-14-17(8-7-16(18)15-23)22-12-10-21(11-13-22)9-4-3-6-20(25)26/h7-8,14-15H,2-6,9-13H2,1H3,(H,25,26). The predicted octanol–water partition coefficient (Wildman–Crippen LogP) is 2.86. The molecule has 0 aromatic heterocycles. The summed E-state index contributed by atoms with van der Waals surface area (Å²) in [6, 6.07) is 5.50. The van der Waals surface area contributed by atoms with E-state index in [2.05, 4.69) is 9.80 Å². The first-order chi connectivity index (χ1) is 12.5. The molecule has 0 saturated carbocycles. The monoisotopic (exact) mass is 360 g/mol. The topological polar surface area (TPSA) is 77.9 Å². The Morgan fingerprint density at radius 1 is 1.12 bits per heavy atom. The molecular formula is C20H28N2O4. The number of rotatable bonds is 10. The summed E-state index contributed by atoms with van der Waals surface area (Å²) in [4.78, 5) is 38.6. The number of hydrogen-bond acceptors (Lipinski definition) is 5. The van der Waals surface area contributed by atoms with Crippen molar-refractivity contribution >= 4 is 23.7 Å². The highest BCUT2D eigenvalue weighted by Gasteiger charge is 2.19. The van der Waals surface area contributed by atoms with E-state index in [0.29, 0.717) is 24.0 Å². The fourth-order valence-electron chi connectivity index (χ4n) is 3.29. The first-order valence-corrected chi connectivity index (χ1v) is 9.36. The number of unbranched alkanes of at least 4 members (excludes halogenated alkanes) is 1. The number of ketones is 1. The van der Waals surface area contributed by atoms with E-state index in [1.165, 1.54) is 0 Å². The molecule has 1 aromatic rings. The van der Waals surface area contributed by atoms with Crippen LogP contribution in [0.25, 0.3) is 0 Å². The Bertz CT molecular complexity index is 637. The van der Waals surface area contributed by atoms with Crippen LogP contribution >= 0.6 is 0 Å². The van der Waals surface area contributed by atoms with Crippen LogP contribution in [-0.4, -0.2) is 60.8 Å². The lowest BCUT2D eigenvalue weighted by molar-refractivity contribution is -0.137. The van der Waals surface area contributed by atoms with Crippen LogP contribution in [0.1, 0.15) is 59.7 Å². The van der Waals surface area contributed by atoms with E-state index in [4.69, 9.17) is 5.11 Å². The molecule has 1 aromatic carbocycles. The lowest BCUT2D eigenvalue weighted by Gasteiger charge is -2.36. The van der Waals surface area contributed by atoms with Gasteiger partial charge in [-0.15, -0.1) is 0 Å². The number of carbonyl (C=O) groups excluding carboxylic acids is 2. The molecule has 1 saturated heterocycles. The lowest BCUT2D eigenvalue weighted by atomic mass is 10.00. The Kier molecular flexibility index (Phi) is 7.78.